The van der Waals surface area contributed by atoms with Crippen molar-refractivity contribution in [3.63, 3.8) is 0 Å². The fourth-order valence-electron chi connectivity index (χ4n) is 2.13. The molecule has 0 N–H and O–H groups in total. The summed E-state index contributed by atoms with van der Waals surface area (Å²) in [5.74, 6) is 0. The van der Waals surface area contributed by atoms with Gasteiger partial charge in [0.2, 0.25) is 0 Å². The first-order chi connectivity index (χ1) is 13.2. The van der Waals surface area contributed by atoms with Crippen LogP contribution < -0.4 is 0 Å². The maximum Gasteiger partial charge on any atom is 0.671 e. The Hall–Kier alpha value is 0.388. The third-order valence-corrected chi connectivity index (χ3v) is 15.8. The molecule has 1 radical (unpaired) electrons. The van der Waals surface area contributed by atoms with Crippen LogP contribution in [0.25, 0.3) is 0 Å². The normalized spacial score (nSPS) is 13.9. The molecule has 0 saturated carbocycles. The van der Waals surface area contributed by atoms with E-state index in [4.69, 9.17) is 52.2 Å². The maximum atomic E-state index is 6.15. The van der Waals surface area contributed by atoms with E-state index in [0.717, 1.165) is 0 Å². The SMILES string of the molecule is [CH2]CC[Si](O[Si](OC)(OC)OC)(O[Si](OC)(OC)OC)O[Si](OC)(OC)OC. The van der Waals surface area contributed by atoms with Crippen molar-refractivity contribution in [1.29, 1.82) is 0 Å². The maximum absolute atomic E-state index is 6.15. The summed E-state index contributed by atoms with van der Waals surface area (Å²) in [5, 5.41) is 0. The van der Waals surface area contributed by atoms with Crippen molar-refractivity contribution in [2.75, 3.05) is 64.0 Å². The molecule has 0 aromatic rings. The van der Waals surface area contributed by atoms with E-state index in [9.17, 15) is 0 Å². The summed E-state index contributed by atoms with van der Waals surface area (Å²) >= 11 is 0. The van der Waals surface area contributed by atoms with Crippen LogP contribution in [-0.2, 0) is 52.2 Å². The van der Waals surface area contributed by atoms with Crippen molar-refractivity contribution >= 4 is 35.9 Å². The summed E-state index contributed by atoms with van der Waals surface area (Å²) in [6.07, 6.45) is 0.344. The molecule has 0 rings (SSSR count). The van der Waals surface area contributed by atoms with E-state index in [1.165, 1.54) is 64.0 Å². The van der Waals surface area contributed by atoms with Gasteiger partial charge in [0.05, 0.1) is 0 Å². The molecule has 28 heavy (non-hydrogen) atoms. The standard InChI is InChI=1S/C12H33O12Si4/c1-11-12-25(22-26(13-2,14-3)15-4,23-27(16-5,17-6)18-7)24-28(19-8,20-9)21-10/h1,11-12H2,2-10H3. The van der Waals surface area contributed by atoms with E-state index < -0.39 is 35.9 Å². The van der Waals surface area contributed by atoms with Gasteiger partial charge in [-0.3, -0.25) is 0 Å². The molecule has 0 amide bonds. The lowest BCUT2D eigenvalue weighted by Crippen LogP contribution is -2.69. The average Bonchev–Trinajstić information content (AvgIpc) is 2.75. The van der Waals surface area contributed by atoms with Crippen LogP contribution in [0.4, 0.5) is 0 Å². The summed E-state index contributed by atoms with van der Waals surface area (Å²) in [7, 11) is -2.50. The van der Waals surface area contributed by atoms with Gasteiger partial charge in [-0.1, -0.05) is 6.92 Å². The third-order valence-electron chi connectivity index (χ3n) is 3.57. The van der Waals surface area contributed by atoms with Crippen LogP contribution >= 0.6 is 0 Å². The van der Waals surface area contributed by atoms with E-state index in [1.807, 2.05) is 0 Å². The lowest BCUT2D eigenvalue weighted by atomic mass is 10.6. The van der Waals surface area contributed by atoms with E-state index in [1.54, 1.807) is 0 Å². The molecule has 0 aromatic carbocycles. The second-order valence-corrected chi connectivity index (χ2v) is 15.9. The Morgan fingerprint density at radius 2 is 0.679 bits per heavy atom. The Morgan fingerprint density at radius 1 is 0.464 bits per heavy atom. The summed E-state index contributed by atoms with van der Waals surface area (Å²) in [5.41, 5.74) is 0. The fourth-order valence-corrected chi connectivity index (χ4v) is 14.5. The lowest BCUT2D eigenvalue weighted by Gasteiger charge is -2.41. The van der Waals surface area contributed by atoms with Crippen LogP contribution in [0, 0.1) is 6.92 Å². The summed E-state index contributed by atoms with van der Waals surface area (Å²) < 4.78 is 66.9. The Bertz CT molecular complexity index is 340. The molecule has 0 aliphatic carbocycles. The first-order valence-electron chi connectivity index (χ1n) is 8.09. The van der Waals surface area contributed by atoms with Gasteiger partial charge < -0.3 is 52.2 Å². The summed E-state index contributed by atoms with van der Waals surface area (Å²) in [4.78, 5) is 0. The average molecular weight is 482 g/mol. The Labute approximate surface area is 171 Å². The van der Waals surface area contributed by atoms with E-state index >= 15 is 0 Å². The van der Waals surface area contributed by atoms with Gasteiger partial charge >= 0.3 is 35.9 Å². The number of rotatable bonds is 17. The summed E-state index contributed by atoms with van der Waals surface area (Å²) in [6.45, 7) is 3.87. The van der Waals surface area contributed by atoms with Crippen LogP contribution in [-0.4, -0.2) is 99.9 Å². The minimum absolute atomic E-state index is 0.174. The van der Waals surface area contributed by atoms with Crippen molar-refractivity contribution < 1.29 is 52.2 Å². The van der Waals surface area contributed by atoms with Gasteiger partial charge in [0, 0.05) is 70.0 Å². The van der Waals surface area contributed by atoms with E-state index in [-0.39, 0.29) is 6.04 Å². The smallest absolute Gasteiger partial charge is 0.355 e. The molecular formula is C12H33O12Si4. The quantitative estimate of drug-likeness (QED) is 0.267. The predicted octanol–water partition coefficient (Wildman–Crippen LogP) is 0.324. The van der Waals surface area contributed by atoms with Gasteiger partial charge in [-0.2, -0.15) is 0 Å². The first kappa shape index (κ1) is 28.4. The zero-order valence-electron chi connectivity index (χ0n) is 18.0. The van der Waals surface area contributed by atoms with Crippen LogP contribution in [0.3, 0.4) is 0 Å². The van der Waals surface area contributed by atoms with Crippen LogP contribution in [0.2, 0.25) is 6.04 Å². The molecule has 169 valence electrons. The molecule has 12 nitrogen and oxygen atoms in total. The molecule has 0 fully saturated rings. The molecule has 0 heterocycles. The third kappa shape index (κ3) is 6.97. The molecular weight excluding hydrogens is 448 g/mol. The van der Waals surface area contributed by atoms with Crippen LogP contribution in [0.1, 0.15) is 6.42 Å². The molecule has 0 aromatic heterocycles. The minimum Gasteiger partial charge on any atom is -0.355 e. The van der Waals surface area contributed by atoms with Gasteiger partial charge in [0.25, 0.3) is 0 Å². The molecule has 0 atom stereocenters. The fraction of sp³-hybridized carbons (Fsp3) is 0.917. The zero-order valence-corrected chi connectivity index (χ0v) is 22.0. The minimum atomic E-state index is -3.89. The molecule has 0 bridgehead atoms. The van der Waals surface area contributed by atoms with Gasteiger partial charge in [0.15, 0.2) is 0 Å². The van der Waals surface area contributed by atoms with Crippen molar-refractivity contribution in [1.82, 2.24) is 0 Å². The Balaban J connectivity index is 6.39. The van der Waals surface area contributed by atoms with Gasteiger partial charge in [0.1, 0.15) is 0 Å². The molecule has 0 unspecified atom stereocenters. The van der Waals surface area contributed by atoms with Gasteiger partial charge in [-0.15, -0.1) is 0 Å². The van der Waals surface area contributed by atoms with Crippen molar-refractivity contribution in [2.24, 2.45) is 0 Å². The Morgan fingerprint density at radius 3 is 0.821 bits per heavy atom. The largest absolute Gasteiger partial charge is 0.671 e. The van der Waals surface area contributed by atoms with Gasteiger partial charge in [-0.25, -0.2) is 0 Å². The van der Waals surface area contributed by atoms with E-state index in [2.05, 4.69) is 6.92 Å². The van der Waals surface area contributed by atoms with Crippen molar-refractivity contribution in [3.05, 3.63) is 6.92 Å². The highest BCUT2D eigenvalue weighted by Crippen LogP contribution is 2.31. The second-order valence-electron chi connectivity index (χ2n) is 4.93. The van der Waals surface area contributed by atoms with Gasteiger partial charge in [-0.05, 0) is 6.42 Å². The van der Waals surface area contributed by atoms with E-state index in [0.29, 0.717) is 6.42 Å². The highest BCUT2D eigenvalue weighted by molar-refractivity contribution is 6.82. The molecule has 0 saturated heterocycles. The van der Waals surface area contributed by atoms with Crippen LogP contribution in [0.5, 0.6) is 0 Å². The van der Waals surface area contributed by atoms with Crippen molar-refractivity contribution in [3.8, 4) is 0 Å². The highest BCUT2D eigenvalue weighted by atomic mass is 28.5. The lowest BCUT2D eigenvalue weighted by molar-refractivity contribution is -0.0257. The zero-order chi connectivity index (χ0) is 21.9. The number of hydrogen-bond donors (Lipinski definition) is 0. The Kier molecular flexibility index (Phi) is 13.1. The first-order valence-corrected chi connectivity index (χ1v) is 14.9. The monoisotopic (exact) mass is 481 g/mol. The van der Waals surface area contributed by atoms with Crippen molar-refractivity contribution in [2.45, 2.75) is 12.5 Å². The molecule has 0 spiro atoms. The molecule has 0 aliphatic rings. The van der Waals surface area contributed by atoms with Crippen LogP contribution in [0.15, 0.2) is 0 Å². The highest BCUT2D eigenvalue weighted by Gasteiger charge is 2.65. The summed E-state index contributed by atoms with van der Waals surface area (Å²) in [6, 6.07) is 0.174. The molecule has 0 aliphatic heterocycles. The predicted molar refractivity (Wildman–Crippen MR) is 104 cm³/mol. The molecule has 16 heteroatoms. The number of hydrogen-bond acceptors (Lipinski definition) is 12. The topological polar surface area (TPSA) is 111 Å². The second kappa shape index (κ2) is 12.9.